The van der Waals surface area contributed by atoms with Crippen LogP contribution in [-0.4, -0.2) is 82.3 Å². The van der Waals surface area contributed by atoms with Gasteiger partial charge in [-0.3, -0.25) is 9.59 Å². The van der Waals surface area contributed by atoms with Crippen LogP contribution in [0.3, 0.4) is 0 Å². The van der Waals surface area contributed by atoms with Crippen LogP contribution >= 0.6 is 0 Å². The van der Waals surface area contributed by atoms with Gasteiger partial charge < -0.3 is 33.3 Å². The van der Waals surface area contributed by atoms with Gasteiger partial charge in [0.1, 0.15) is 13.2 Å². The molecule has 0 spiro atoms. The molecular formula is C63H117NO8. The Bertz CT molecular complexity index is 1270. The first-order chi connectivity index (χ1) is 35.1. The van der Waals surface area contributed by atoms with Crippen molar-refractivity contribution in [2.24, 2.45) is 0 Å². The number of carbonyl (C=O) groups excluding carboxylic acids is 3. The Kier molecular flexibility index (Phi) is 52.9. The van der Waals surface area contributed by atoms with E-state index in [1.54, 1.807) is 0 Å². The average Bonchev–Trinajstić information content (AvgIpc) is 3.35. The third kappa shape index (κ3) is 55.3. The molecule has 0 heterocycles. The van der Waals surface area contributed by atoms with Gasteiger partial charge in [0.05, 0.1) is 40.3 Å². The number of nitrogens with zero attached hydrogens (tertiary/aromatic N) is 1. The van der Waals surface area contributed by atoms with E-state index in [-0.39, 0.29) is 38.6 Å². The molecule has 72 heavy (non-hydrogen) atoms. The van der Waals surface area contributed by atoms with Gasteiger partial charge in [0.25, 0.3) is 0 Å². The molecule has 9 heteroatoms. The van der Waals surface area contributed by atoms with Crippen LogP contribution in [0.2, 0.25) is 0 Å². The van der Waals surface area contributed by atoms with E-state index < -0.39 is 24.3 Å². The first-order valence-corrected chi connectivity index (χ1v) is 30.6. The topological polar surface area (TPSA) is 111 Å². The van der Waals surface area contributed by atoms with Gasteiger partial charge >= 0.3 is 11.9 Å². The van der Waals surface area contributed by atoms with Gasteiger partial charge in [0.15, 0.2) is 12.4 Å². The number of unbranched alkanes of at least 4 members (excludes halogenated alkanes) is 36. The van der Waals surface area contributed by atoms with Crippen molar-refractivity contribution in [1.82, 2.24) is 0 Å². The number of quaternary nitrogens is 1. The molecule has 0 rings (SSSR count). The lowest BCUT2D eigenvalue weighted by Crippen LogP contribution is -2.44. The van der Waals surface area contributed by atoms with Crippen LogP contribution in [0, 0.1) is 0 Å². The van der Waals surface area contributed by atoms with Crippen molar-refractivity contribution in [3.05, 3.63) is 36.5 Å². The van der Waals surface area contributed by atoms with Gasteiger partial charge in [-0.1, -0.05) is 249 Å². The average molecular weight is 1020 g/mol. The van der Waals surface area contributed by atoms with Crippen LogP contribution in [0.15, 0.2) is 36.5 Å². The maximum Gasteiger partial charge on any atom is 0.306 e. The molecule has 0 N–H and O–H groups in total. The van der Waals surface area contributed by atoms with E-state index in [2.05, 4.69) is 50.3 Å². The summed E-state index contributed by atoms with van der Waals surface area (Å²) in [5.41, 5.74) is 0. The van der Waals surface area contributed by atoms with Crippen LogP contribution in [-0.2, 0) is 33.3 Å². The molecule has 0 saturated carbocycles. The van der Waals surface area contributed by atoms with Gasteiger partial charge in [0, 0.05) is 12.8 Å². The Hall–Kier alpha value is -2.49. The summed E-state index contributed by atoms with van der Waals surface area (Å²) in [4.78, 5) is 37.1. The second kappa shape index (κ2) is 54.8. The lowest BCUT2D eigenvalue weighted by Gasteiger charge is -2.26. The molecule has 0 aliphatic heterocycles. The highest BCUT2D eigenvalue weighted by molar-refractivity contribution is 5.70. The highest BCUT2D eigenvalue weighted by Gasteiger charge is 2.22. The lowest BCUT2D eigenvalue weighted by molar-refractivity contribution is -0.870. The standard InChI is InChI=1S/C63H117NO8/c1-6-8-10-12-14-16-18-19-20-21-22-23-24-25-26-27-28-29-30-31-32-33-34-35-36-37-38-39-40-41-42-43-44-46-48-50-52-54-61(66)72-59(58-71-63(62(67)68)69-56-55-64(3,4)5)57-70-60(65)53-51-49-47-45-17-15-13-11-9-7-2/h11,13,18-19,21-22,59,63H,6-10,12,14-17,20,23-58H2,1-5H3/b13-11-,19-18-,22-21-. The van der Waals surface area contributed by atoms with Crippen molar-refractivity contribution in [3.8, 4) is 0 Å². The normalized spacial score (nSPS) is 13.0. The van der Waals surface area contributed by atoms with E-state index in [9.17, 15) is 19.5 Å². The number of esters is 2. The number of likely N-dealkylation sites (N-methyl/N-ethyl adjacent to an activating group) is 1. The molecule has 0 bridgehead atoms. The molecule has 2 unspecified atom stereocenters. The smallest absolute Gasteiger partial charge is 0.306 e. The fraction of sp³-hybridized carbons (Fsp3) is 0.857. The third-order valence-electron chi connectivity index (χ3n) is 13.6. The zero-order chi connectivity index (χ0) is 52.7. The summed E-state index contributed by atoms with van der Waals surface area (Å²) >= 11 is 0. The van der Waals surface area contributed by atoms with Gasteiger partial charge in [-0.2, -0.15) is 0 Å². The highest BCUT2D eigenvalue weighted by Crippen LogP contribution is 2.17. The predicted octanol–water partition coefficient (Wildman–Crippen LogP) is 16.7. The Morgan fingerprint density at radius 3 is 1.17 bits per heavy atom. The fourth-order valence-corrected chi connectivity index (χ4v) is 8.87. The molecule has 0 radical (unpaired) electrons. The molecular weight excluding hydrogens is 899 g/mol. The largest absolute Gasteiger partial charge is 0.545 e. The molecule has 0 aliphatic rings. The monoisotopic (exact) mass is 1020 g/mol. The summed E-state index contributed by atoms with van der Waals surface area (Å²) in [6.07, 6.45) is 63.9. The minimum absolute atomic E-state index is 0.148. The van der Waals surface area contributed by atoms with Crippen molar-refractivity contribution < 1.29 is 42.9 Å². The highest BCUT2D eigenvalue weighted by atomic mass is 16.7. The quantitative estimate of drug-likeness (QED) is 0.0195. The summed E-state index contributed by atoms with van der Waals surface area (Å²) < 4.78 is 22.6. The molecule has 2 atom stereocenters. The fourth-order valence-electron chi connectivity index (χ4n) is 8.87. The minimum atomic E-state index is -1.62. The number of ether oxygens (including phenoxy) is 4. The number of hydrogen-bond acceptors (Lipinski definition) is 8. The number of allylic oxidation sites excluding steroid dienone is 6. The Morgan fingerprint density at radius 2 is 0.778 bits per heavy atom. The zero-order valence-corrected chi connectivity index (χ0v) is 48.1. The Balaban J connectivity index is 3.91. The van der Waals surface area contributed by atoms with Gasteiger partial charge in [-0.25, -0.2) is 0 Å². The first-order valence-electron chi connectivity index (χ1n) is 30.6. The van der Waals surface area contributed by atoms with Crippen LogP contribution in [0.25, 0.3) is 0 Å². The molecule has 0 aromatic heterocycles. The van der Waals surface area contributed by atoms with Crippen LogP contribution in [0.4, 0.5) is 0 Å². The summed E-state index contributed by atoms with van der Waals surface area (Å²) in [7, 11) is 5.92. The maximum absolute atomic E-state index is 12.8. The molecule has 0 aromatic carbocycles. The molecule has 0 fully saturated rings. The van der Waals surface area contributed by atoms with Crippen LogP contribution in [0.1, 0.15) is 290 Å². The van der Waals surface area contributed by atoms with E-state index >= 15 is 0 Å². The van der Waals surface area contributed by atoms with Crippen molar-refractivity contribution >= 4 is 17.9 Å². The number of aliphatic carboxylic acids is 1. The molecule has 0 amide bonds. The summed E-state index contributed by atoms with van der Waals surface area (Å²) in [5, 5.41) is 11.7. The van der Waals surface area contributed by atoms with Crippen LogP contribution in [0.5, 0.6) is 0 Å². The number of rotatable bonds is 57. The number of carboxylic acids is 1. The second-order valence-electron chi connectivity index (χ2n) is 22.0. The van der Waals surface area contributed by atoms with Gasteiger partial charge in [-0.15, -0.1) is 0 Å². The molecule has 422 valence electrons. The Morgan fingerprint density at radius 1 is 0.417 bits per heavy atom. The first kappa shape index (κ1) is 69.5. The van der Waals surface area contributed by atoms with Crippen LogP contribution < -0.4 is 5.11 Å². The summed E-state index contributed by atoms with van der Waals surface area (Å²) in [5.74, 6) is -2.28. The maximum atomic E-state index is 12.8. The van der Waals surface area contributed by atoms with E-state index in [0.717, 1.165) is 64.2 Å². The van der Waals surface area contributed by atoms with E-state index in [4.69, 9.17) is 18.9 Å². The van der Waals surface area contributed by atoms with E-state index in [0.29, 0.717) is 17.4 Å². The van der Waals surface area contributed by atoms with Crippen molar-refractivity contribution in [2.45, 2.75) is 302 Å². The number of carboxylic acid groups (broad SMARTS) is 1. The zero-order valence-electron chi connectivity index (χ0n) is 48.1. The molecule has 9 nitrogen and oxygen atoms in total. The van der Waals surface area contributed by atoms with E-state index in [1.165, 1.54) is 193 Å². The van der Waals surface area contributed by atoms with Crippen molar-refractivity contribution in [1.29, 1.82) is 0 Å². The number of carbonyl (C=O) groups is 3. The second-order valence-corrected chi connectivity index (χ2v) is 22.0. The molecule has 0 aromatic rings. The molecule has 0 saturated heterocycles. The Labute approximate surface area is 445 Å². The molecule has 0 aliphatic carbocycles. The van der Waals surface area contributed by atoms with Gasteiger partial charge in [0.2, 0.25) is 0 Å². The van der Waals surface area contributed by atoms with E-state index in [1.807, 2.05) is 21.1 Å². The SMILES string of the molecule is CCC/C=C\CCCCCCCC(=O)OCC(COC(OCC[N+](C)(C)C)C(=O)[O-])OC(=O)CCCCCCCCCCCCCCCCCCCCCCCCCCC/C=C\C/C=C\CCCCCCC. The summed E-state index contributed by atoms with van der Waals surface area (Å²) in [6, 6.07) is 0. The third-order valence-corrected chi connectivity index (χ3v) is 13.6. The predicted molar refractivity (Wildman–Crippen MR) is 302 cm³/mol. The minimum Gasteiger partial charge on any atom is -0.545 e. The van der Waals surface area contributed by atoms with Gasteiger partial charge in [-0.05, 0) is 64.2 Å². The van der Waals surface area contributed by atoms with Crippen molar-refractivity contribution in [2.75, 3.05) is 47.5 Å². The van der Waals surface area contributed by atoms with Crippen molar-refractivity contribution in [3.63, 3.8) is 0 Å². The number of hydrogen-bond donors (Lipinski definition) is 0. The lowest BCUT2D eigenvalue weighted by atomic mass is 10.0. The summed E-state index contributed by atoms with van der Waals surface area (Å²) in [6.45, 7) is 4.69.